The zero-order valence-corrected chi connectivity index (χ0v) is 13.9. The molecule has 0 atom stereocenters. The number of nitrogens with one attached hydrogen (secondary N) is 1. The minimum absolute atomic E-state index is 0.277. The number of thioether (sulfide) groups is 1. The van der Waals surface area contributed by atoms with Gasteiger partial charge >= 0.3 is 5.97 Å². The molecule has 0 saturated carbocycles. The first-order valence-corrected chi connectivity index (χ1v) is 8.03. The van der Waals surface area contributed by atoms with Crippen molar-refractivity contribution in [3.63, 3.8) is 0 Å². The number of carbonyl (C=O) groups is 2. The zero-order chi connectivity index (χ0) is 16.8. The summed E-state index contributed by atoms with van der Waals surface area (Å²) in [6.07, 6.45) is 1.96. The monoisotopic (exact) mass is 331 g/mol. The molecule has 0 aliphatic rings. The summed E-state index contributed by atoms with van der Waals surface area (Å²) < 4.78 is 9.91. The van der Waals surface area contributed by atoms with Gasteiger partial charge in [0.2, 0.25) is 0 Å². The summed E-state index contributed by atoms with van der Waals surface area (Å²) in [7, 11) is 2.85. The van der Waals surface area contributed by atoms with Crippen molar-refractivity contribution in [1.29, 1.82) is 0 Å². The summed E-state index contributed by atoms with van der Waals surface area (Å²) in [5.41, 5.74) is 1.45. The van der Waals surface area contributed by atoms with Crippen molar-refractivity contribution >= 4 is 29.3 Å². The van der Waals surface area contributed by atoms with Crippen LogP contribution in [0.15, 0.2) is 47.4 Å². The quantitative estimate of drug-likeness (QED) is 0.671. The summed E-state index contributed by atoms with van der Waals surface area (Å²) in [6.45, 7) is 0. The number of benzene rings is 2. The molecule has 0 aliphatic carbocycles. The van der Waals surface area contributed by atoms with Crippen LogP contribution >= 0.6 is 11.8 Å². The van der Waals surface area contributed by atoms with Gasteiger partial charge in [0.05, 0.1) is 25.3 Å². The van der Waals surface area contributed by atoms with E-state index in [0.29, 0.717) is 22.6 Å². The Labute approximate surface area is 139 Å². The fourth-order valence-corrected chi connectivity index (χ4v) is 2.42. The molecular weight excluding hydrogens is 314 g/mol. The molecule has 0 fully saturated rings. The van der Waals surface area contributed by atoms with Crippen molar-refractivity contribution in [2.45, 2.75) is 4.90 Å². The van der Waals surface area contributed by atoms with Crippen LogP contribution in [0.4, 0.5) is 5.69 Å². The van der Waals surface area contributed by atoms with Gasteiger partial charge in [0.25, 0.3) is 5.91 Å². The Kier molecular flexibility index (Phi) is 5.65. The number of amides is 1. The zero-order valence-electron chi connectivity index (χ0n) is 13.1. The summed E-state index contributed by atoms with van der Waals surface area (Å²) in [5.74, 6) is -0.182. The second kappa shape index (κ2) is 7.69. The average Bonchev–Trinajstić information content (AvgIpc) is 2.60. The molecule has 0 aromatic heterocycles. The average molecular weight is 331 g/mol. The molecule has 0 radical (unpaired) electrons. The first kappa shape index (κ1) is 16.9. The molecule has 1 amide bonds. The van der Waals surface area contributed by atoms with Crippen LogP contribution in [0.3, 0.4) is 0 Å². The molecule has 0 heterocycles. The number of anilines is 1. The molecular formula is C17H17NO4S. The van der Waals surface area contributed by atoms with Gasteiger partial charge in [0, 0.05) is 10.6 Å². The maximum absolute atomic E-state index is 12.4. The Hall–Kier alpha value is -2.47. The van der Waals surface area contributed by atoms with Gasteiger partial charge in [0.1, 0.15) is 5.75 Å². The predicted molar refractivity (Wildman–Crippen MR) is 90.5 cm³/mol. The maximum Gasteiger partial charge on any atom is 0.337 e. The third kappa shape index (κ3) is 4.04. The third-order valence-corrected chi connectivity index (χ3v) is 3.94. The predicted octanol–water partition coefficient (Wildman–Crippen LogP) is 3.46. The molecule has 6 heteroatoms. The van der Waals surface area contributed by atoms with Crippen LogP contribution in [0.2, 0.25) is 0 Å². The largest absolute Gasteiger partial charge is 0.496 e. The first-order valence-electron chi connectivity index (χ1n) is 6.80. The fraction of sp³-hybridized carbons (Fsp3) is 0.176. The summed E-state index contributed by atoms with van der Waals surface area (Å²) >= 11 is 1.57. The van der Waals surface area contributed by atoms with Gasteiger partial charge in [-0.05, 0) is 48.7 Å². The standard InChI is InChI=1S/C17H17NO4S/c1-21-15-10-13(23-3)8-9-14(15)16(19)18-12-6-4-11(5-7-12)17(20)22-2/h4-10H,1-3H3,(H,18,19). The highest BCUT2D eigenvalue weighted by atomic mass is 32.2. The third-order valence-electron chi connectivity index (χ3n) is 3.22. The van der Waals surface area contributed by atoms with Crippen LogP contribution in [0.5, 0.6) is 5.75 Å². The van der Waals surface area contributed by atoms with Gasteiger partial charge in [-0.3, -0.25) is 4.79 Å². The fourth-order valence-electron chi connectivity index (χ4n) is 1.99. The van der Waals surface area contributed by atoms with E-state index in [0.717, 1.165) is 4.90 Å². The van der Waals surface area contributed by atoms with E-state index in [1.165, 1.54) is 14.2 Å². The Bertz CT molecular complexity index is 713. The molecule has 2 rings (SSSR count). The Morgan fingerprint density at radius 1 is 1.04 bits per heavy atom. The number of rotatable bonds is 5. The second-order valence-corrected chi connectivity index (χ2v) is 5.47. The molecule has 0 aliphatic heterocycles. The summed E-state index contributed by atoms with van der Waals surface area (Å²) in [5, 5.41) is 2.78. The van der Waals surface area contributed by atoms with Gasteiger partial charge in [-0.1, -0.05) is 0 Å². The van der Waals surface area contributed by atoms with E-state index in [2.05, 4.69) is 10.1 Å². The minimum atomic E-state index is -0.419. The summed E-state index contributed by atoms with van der Waals surface area (Å²) in [6, 6.07) is 11.9. The highest BCUT2D eigenvalue weighted by Gasteiger charge is 2.13. The summed E-state index contributed by atoms with van der Waals surface area (Å²) in [4.78, 5) is 24.8. The lowest BCUT2D eigenvalue weighted by atomic mass is 10.1. The second-order valence-electron chi connectivity index (χ2n) is 4.59. The van der Waals surface area contributed by atoms with Gasteiger partial charge in [-0.15, -0.1) is 11.8 Å². The normalized spacial score (nSPS) is 10.0. The van der Waals surface area contributed by atoms with Crippen LogP contribution in [0, 0.1) is 0 Å². The Morgan fingerprint density at radius 2 is 1.74 bits per heavy atom. The van der Waals surface area contributed by atoms with Crippen molar-refractivity contribution < 1.29 is 19.1 Å². The van der Waals surface area contributed by atoms with Crippen LogP contribution in [-0.4, -0.2) is 32.4 Å². The lowest BCUT2D eigenvalue weighted by Gasteiger charge is -2.11. The van der Waals surface area contributed by atoms with Crippen LogP contribution in [0.1, 0.15) is 20.7 Å². The van der Waals surface area contributed by atoms with Crippen molar-refractivity contribution in [1.82, 2.24) is 0 Å². The SMILES string of the molecule is COC(=O)c1ccc(NC(=O)c2ccc(SC)cc2OC)cc1. The van der Waals surface area contributed by atoms with E-state index in [4.69, 9.17) is 4.74 Å². The molecule has 5 nitrogen and oxygen atoms in total. The number of methoxy groups -OCH3 is 2. The lowest BCUT2D eigenvalue weighted by molar-refractivity contribution is 0.0600. The first-order chi connectivity index (χ1) is 11.1. The topological polar surface area (TPSA) is 64.6 Å². The van der Waals surface area contributed by atoms with E-state index in [1.54, 1.807) is 42.1 Å². The van der Waals surface area contributed by atoms with Crippen molar-refractivity contribution in [3.05, 3.63) is 53.6 Å². The number of esters is 1. The lowest BCUT2D eigenvalue weighted by Crippen LogP contribution is -2.13. The molecule has 120 valence electrons. The smallest absolute Gasteiger partial charge is 0.337 e. The van der Waals surface area contributed by atoms with E-state index in [9.17, 15) is 9.59 Å². The van der Waals surface area contributed by atoms with Gasteiger partial charge in [-0.25, -0.2) is 4.79 Å². The molecule has 2 aromatic rings. The number of ether oxygens (including phenoxy) is 2. The van der Waals surface area contributed by atoms with Crippen molar-refractivity contribution in [3.8, 4) is 5.75 Å². The Morgan fingerprint density at radius 3 is 2.30 bits per heavy atom. The van der Waals surface area contributed by atoms with Crippen molar-refractivity contribution in [2.75, 3.05) is 25.8 Å². The Balaban J connectivity index is 2.17. The number of hydrogen-bond acceptors (Lipinski definition) is 5. The van der Waals surface area contributed by atoms with Crippen molar-refractivity contribution in [2.24, 2.45) is 0 Å². The molecule has 0 spiro atoms. The molecule has 0 saturated heterocycles. The molecule has 1 N–H and O–H groups in total. The van der Waals surface area contributed by atoms with Crippen LogP contribution < -0.4 is 10.1 Å². The minimum Gasteiger partial charge on any atom is -0.496 e. The van der Waals surface area contributed by atoms with Gasteiger partial charge in [-0.2, -0.15) is 0 Å². The van der Waals surface area contributed by atoms with Crippen LogP contribution in [0.25, 0.3) is 0 Å². The maximum atomic E-state index is 12.4. The van der Waals surface area contributed by atoms with E-state index in [1.807, 2.05) is 18.4 Å². The molecule has 23 heavy (non-hydrogen) atoms. The van der Waals surface area contributed by atoms with Gasteiger partial charge in [0.15, 0.2) is 0 Å². The highest BCUT2D eigenvalue weighted by Crippen LogP contribution is 2.26. The van der Waals surface area contributed by atoms with E-state index >= 15 is 0 Å². The van der Waals surface area contributed by atoms with Gasteiger partial charge < -0.3 is 14.8 Å². The van der Waals surface area contributed by atoms with E-state index < -0.39 is 5.97 Å². The molecule has 0 bridgehead atoms. The highest BCUT2D eigenvalue weighted by molar-refractivity contribution is 7.98. The molecule has 0 unspecified atom stereocenters. The van der Waals surface area contributed by atoms with E-state index in [-0.39, 0.29) is 5.91 Å². The van der Waals surface area contributed by atoms with Crippen LogP contribution in [-0.2, 0) is 4.74 Å². The molecule has 2 aromatic carbocycles. The number of hydrogen-bond donors (Lipinski definition) is 1. The number of carbonyl (C=O) groups excluding carboxylic acids is 2.